The largest absolute Gasteiger partial charge is 0.465 e. The first-order valence-corrected chi connectivity index (χ1v) is 10.8. The van der Waals surface area contributed by atoms with Gasteiger partial charge in [-0.25, -0.2) is 10.2 Å². The summed E-state index contributed by atoms with van der Waals surface area (Å²) in [6.45, 7) is 3.88. The van der Waals surface area contributed by atoms with Crippen LogP contribution in [0.4, 0.5) is 0 Å². The van der Waals surface area contributed by atoms with Gasteiger partial charge in [-0.15, -0.1) is 11.8 Å². The minimum Gasteiger partial charge on any atom is -0.465 e. The number of methoxy groups -OCH3 is 1. The number of thioether (sulfide) groups is 1. The third kappa shape index (κ3) is 5.57. The smallest absolute Gasteiger partial charge is 0.339 e. The number of amides is 1. The molecule has 160 valence electrons. The van der Waals surface area contributed by atoms with E-state index >= 15 is 0 Å². The second-order valence-electron chi connectivity index (χ2n) is 6.71. The molecule has 1 N–H and O–H groups in total. The fraction of sp³-hybridized carbons (Fsp3) is 0.174. The van der Waals surface area contributed by atoms with Gasteiger partial charge in [0.15, 0.2) is 0 Å². The van der Waals surface area contributed by atoms with Gasteiger partial charge in [0.2, 0.25) is 5.91 Å². The van der Waals surface area contributed by atoms with Gasteiger partial charge in [-0.2, -0.15) is 5.10 Å². The van der Waals surface area contributed by atoms with Crippen LogP contribution >= 0.6 is 23.4 Å². The molecule has 6 nitrogen and oxygen atoms in total. The van der Waals surface area contributed by atoms with E-state index in [0.29, 0.717) is 10.6 Å². The number of carbonyl (C=O) groups is 2. The monoisotopic (exact) mass is 455 g/mol. The Morgan fingerprint density at radius 2 is 1.87 bits per heavy atom. The van der Waals surface area contributed by atoms with Gasteiger partial charge in [-0.05, 0) is 56.3 Å². The van der Waals surface area contributed by atoms with Crippen molar-refractivity contribution >= 4 is 41.5 Å². The van der Waals surface area contributed by atoms with Gasteiger partial charge in [0.25, 0.3) is 0 Å². The summed E-state index contributed by atoms with van der Waals surface area (Å²) in [5.74, 6) is -0.366. The van der Waals surface area contributed by atoms with E-state index in [1.54, 1.807) is 30.5 Å². The van der Waals surface area contributed by atoms with Crippen LogP contribution in [0.5, 0.6) is 0 Å². The minimum absolute atomic E-state index is 0.207. The van der Waals surface area contributed by atoms with Gasteiger partial charge in [0, 0.05) is 26.9 Å². The topological polar surface area (TPSA) is 72.7 Å². The summed E-state index contributed by atoms with van der Waals surface area (Å²) in [5.41, 5.74) is 6.41. The second-order valence-corrected chi connectivity index (χ2v) is 8.19. The van der Waals surface area contributed by atoms with Crippen molar-refractivity contribution < 1.29 is 14.3 Å². The van der Waals surface area contributed by atoms with Crippen LogP contribution in [0, 0.1) is 13.8 Å². The van der Waals surface area contributed by atoms with Gasteiger partial charge in [-0.3, -0.25) is 4.79 Å². The highest BCUT2D eigenvalue weighted by Crippen LogP contribution is 2.23. The van der Waals surface area contributed by atoms with E-state index in [2.05, 4.69) is 10.5 Å². The Morgan fingerprint density at radius 3 is 2.58 bits per heavy atom. The number of para-hydroxylation sites is 1. The zero-order chi connectivity index (χ0) is 22.4. The van der Waals surface area contributed by atoms with Crippen LogP contribution < -0.4 is 5.43 Å². The molecular formula is C23H22ClN3O3S. The molecule has 2 aromatic carbocycles. The average Bonchev–Trinajstić information content (AvgIpc) is 3.05. The van der Waals surface area contributed by atoms with E-state index in [4.69, 9.17) is 16.3 Å². The quantitative estimate of drug-likeness (QED) is 0.241. The maximum Gasteiger partial charge on any atom is 0.339 e. The number of rotatable bonds is 7. The minimum atomic E-state index is -0.399. The van der Waals surface area contributed by atoms with Crippen LogP contribution in [-0.2, 0) is 9.53 Å². The highest BCUT2D eigenvalue weighted by molar-refractivity contribution is 8.00. The highest BCUT2D eigenvalue weighted by atomic mass is 35.5. The van der Waals surface area contributed by atoms with Crippen molar-refractivity contribution in [3.05, 3.63) is 82.1 Å². The highest BCUT2D eigenvalue weighted by Gasteiger charge is 2.17. The van der Waals surface area contributed by atoms with Crippen LogP contribution in [0.1, 0.15) is 27.3 Å². The fourth-order valence-electron chi connectivity index (χ4n) is 3.13. The van der Waals surface area contributed by atoms with E-state index < -0.39 is 5.97 Å². The van der Waals surface area contributed by atoms with E-state index in [1.807, 2.05) is 48.7 Å². The maximum absolute atomic E-state index is 12.1. The van der Waals surface area contributed by atoms with E-state index in [0.717, 1.165) is 27.5 Å². The van der Waals surface area contributed by atoms with Crippen LogP contribution in [-0.4, -0.2) is 35.5 Å². The van der Waals surface area contributed by atoms with Crippen LogP contribution in [0.15, 0.2) is 64.6 Å². The molecule has 0 aliphatic rings. The summed E-state index contributed by atoms with van der Waals surface area (Å²) in [7, 11) is 1.36. The Hall–Kier alpha value is -3.03. The summed E-state index contributed by atoms with van der Waals surface area (Å²) in [4.78, 5) is 25.2. The van der Waals surface area contributed by atoms with Crippen LogP contribution in [0.2, 0.25) is 5.02 Å². The average molecular weight is 456 g/mol. The number of hydrogen-bond acceptors (Lipinski definition) is 5. The van der Waals surface area contributed by atoms with Gasteiger partial charge < -0.3 is 9.30 Å². The molecule has 0 unspecified atom stereocenters. The number of nitrogens with zero attached hydrogens (tertiary/aromatic N) is 2. The lowest BCUT2D eigenvalue weighted by Gasteiger charge is -2.13. The summed E-state index contributed by atoms with van der Waals surface area (Å²) in [6.07, 6.45) is 1.60. The van der Waals surface area contributed by atoms with Gasteiger partial charge in [-0.1, -0.05) is 23.7 Å². The van der Waals surface area contributed by atoms with Crippen molar-refractivity contribution in [2.75, 3.05) is 12.9 Å². The standard InChI is InChI=1S/C23H22ClN3O3S/c1-15-12-17(13-25-26-22(28)14-31-19-10-8-18(24)9-11-19)16(2)27(15)21-7-5-4-6-20(21)23(29)30-3/h4-13H,14H2,1-3H3,(H,26,28)/b25-13-. The molecule has 31 heavy (non-hydrogen) atoms. The fourth-order valence-corrected chi connectivity index (χ4v) is 3.94. The molecule has 0 aliphatic heterocycles. The first-order valence-electron chi connectivity index (χ1n) is 9.47. The van der Waals surface area contributed by atoms with Crippen molar-refractivity contribution in [1.29, 1.82) is 0 Å². The Balaban J connectivity index is 1.70. The normalized spacial score (nSPS) is 11.0. The number of nitrogens with one attached hydrogen (secondary N) is 1. The van der Waals surface area contributed by atoms with Gasteiger partial charge >= 0.3 is 5.97 Å². The number of aromatic nitrogens is 1. The van der Waals surface area contributed by atoms with Gasteiger partial charge in [0.1, 0.15) is 0 Å². The molecule has 1 heterocycles. The molecule has 0 fully saturated rings. The van der Waals surface area contributed by atoms with E-state index in [-0.39, 0.29) is 11.7 Å². The Labute approximate surface area is 190 Å². The lowest BCUT2D eigenvalue weighted by atomic mass is 10.1. The van der Waals surface area contributed by atoms with Crippen molar-refractivity contribution in [2.45, 2.75) is 18.7 Å². The molecule has 3 rings (SSSR count). The Bertz CT molecular complexity index is 1120. The van der Waals surface area contributed by atoms with Crippen molar-refractivity contribution in [3.63, 3.8) is 0 Å². The number of hydrogen-bond donors (Lipinski definition) is 1. The number of aryl methyl sites for hydroxylation is 1. The summed E-state index contributed by atoms with van der Waals surface area (Å²) >= 11 is 7.27. The van der Waals surface area contributed by atoms with Crippen molar-refractivity contribution in [3.8, 4) is 5.69 Å². The number of carbonyl (C=O) groups excluding carboxylic acids is 2. The maximum atomic E-state index is 12.1. The molecule has 3 aromatic rings. The second kappa shape index (κ2) is 10.3. The SMILES string of the molecule is COC(=O)c1ccccc1-n1c(C)cc(/C=N\NC(=O)CSc2ccc(Cl)cc2)c1C. The third-order valence-electron chi connectivity index (χ3n) is 4.60. The lowest BCUT2D eigenvalue weighted by molar-refractivity contribution is -0.118. The van der Waals surface area contributed by atoms with Gasteiger partial charge in [0.05, 0.1) is 30.3 Å². The molecule has 0 aliphatic carbocycles. The van der Waals surface area contributed by atoms with E-state index in [1.165, 1.54) is 18.9 Å². The molecule has 0 radical (unpaired) electrons. The number of halogens is 1. The molecule has 0 saturated heterocycles. The molecule has 0 saturated carbocycles. The summed E-state index contributed by atoms with van der Waals surface area (Å²) in [5, 5.41) is 4.74. The molecule has 1 aromatic heterocycles. The molecule has 0 atom stereocenters. The zero-order valence-corrected chi connectivity index (χ0v) is 19.0. The number of esters is 1. The molecule has 0 spiro atoms. The van der Waals surface area contributed by atoms with Crippen LogP contribution in [0.3, 0.4) is 0 Å². The molecule has 0 bridgehead atoms. The number of ether oxygens (including phenoxy) is 1. The Kier molecular flexibility index (Phi) is 7.55. The van der Waals surface area contributed by atoms with Crippen molar-refractivity contribution in [2.24, 2.45) is 5.10 Å². The predicted molar refractivity (Wildman–Crippen MR) is 124 cm³/mol. The summed E-state index contributed by atoms with van der Waals surface area (Å²) < 4.78 is 6.87. The lowest BCUT2D eigenvalue weighted by Crippen LogP contribution is -2.19. The third-order valence-corrected chi connectivity index (χ3v) is 5.86. The van der Waals surface area contributed by atoms with Crippen molar-refractivity contribution in [1.82, 2.24) is 9.99 Å². The number of benzene rings is 2. The molecule has 8 heteroatoms. The molecule has 1 amide bonds. The number of hydrazone groups is 1. The molecular weight excluding hydrogens is 434 g/mol. The Morgan fingerprint density at radius 1 is 1.16 bits per heavy atom. The predicted octanol–water partition coefficient (Wildman–Crippen LogP) is 4.78. The first kappa shape index (κ1) is 22.7. The first-order chi connectivity index (χ1) is 14.9. The zero-order valence-electron chi connectivity index (χ0n) is 17.4. The van der Waals surface area contributed by atoms with Crippen LogP contribution in [0.25, 0.3) is 5.69 Å². The van der Waals surface area contributed by atoms with E-state index in [9.17, 15) is 9.59 Å². The summed E-state index contributed by atoms with van der Waals surface area (Å²) in [6, 6.07) is 16.5.